The molecule has 0 aromatic heterocycles. The summed E-state index contributed by atoms with van der Waals surface area (Å²) < 4.78 is 5.32. The number of rotatable bonds is 13. The highest BCUT2D eigenvalue weighted by Crippen LogP contribution is 2.08. The lowest BCUT2D eigenvalue weighted by molar-refractivity contribution is -0.148. The third-order valence-electron chi connectivity index (χ3n) is 4.60. The van der Waals surface area contributed by atoms with Gasteiger partial charge in [0.1, 0.15) is 6.10 Å². The van der Waals surface area contributed by atoms with E-state index in [4.69, 9.17) is 4.74 Å². The number of amides is 1. The zero-order valence-corrected chi connectivity index (χ0v) is 16.9. The molecule has 0 aliphatic heterocycles. The molecule has 0 saturated carbocycles. The minimum atomic E-state index is -0.216. The van der Waals surface area contributed by atoms with Gasteiger partial charge < -0.3 is 15.4 Å². The van der Waals surface area contributed by atoms with Crippen LogP contribution in [0.15, 0.2) is 12.2 Å². The normalized spacial score (nSPS) is 14.1. The van der Waals surface area contributed by atoms with Gasteiger partial charge in [-0.05, 0) is 37.6 Å². The van der Waals surface area contributed by atoms with Crippen LogP contribution in [-0.2, 0) is 14.3 Å². The van der Waals surface area contributed by atoms with E-state index in [1.54, 1.807) is 12.2 Å². The molecule has 0 aromatic rings. The van der Waals surface area contributed by atoms with Crippen molar-refractivity contribution < 1.29 is 14.3 Å². The Morgan fingerprint density at radius 1 is 1.00 bits per heavy atom. The maximum absolute atomic E-state index is 12.2. The van der Waals surface area contributed by atoms with Crippen molar-refractivity contribution in [2.24, 2.45) is 11.8 Å². The number of nitrogens with one attached hydrogen (secondary N) is 2. The van der Waals surface area contributed by atoms with Crippen LogP contribution in [0.5, 0.6) is 0 Å². The fourth-order valence-corrected chi connectivity index (χ4v) is 2.22. The quantitative estimate of drug-likeness (QED) is 0.393. The number of carbonyl (C=O) groups is 2. The number of esters is 1. The molecule has 0 fully saturated rings. The van der Waals surface area contributed by atoms with Crippen LogP contribution in [0.1, 0.15) is 67.2 Å². The third kappa shape index (κ3) is 11.0. The molecule has 5 heteroatoms. The molecule has 0 radical (unpaired) electrons. The highest BCUT2D eigenvalue weighted by atomic mass is 16.5. The molecule has 2 atom stereocenters. The largest absolute Gasteiger partial charge is 0.462 e. The van der Waals surface area contributed by atoms with Crippen molar-refractivity contribution in [1.82, 2.24) is 10.6 Å². The highest BCUT2D eigenvalue weighted by Gasteiger charge is 2.17. The predicted octanol–water partition coefficient (Wildman–Crippen LogP) is 3.44. The van der Waals surface area contributed by atoms with Crippen molar-refractivity contribution in [2.45, 2.75) is 79.4 Å². The molecule has 0 rings (SSSR count). The minimum Gasteiger partial charge on any atom is -0.462 e. The Morgan fingerprint density at radius 2 is 1.64 bits per heavy atom. The molecule has 1 amide bonds. The van der Waals surface area contributed by atoms with E-state index in [1.165, 1.54) is 0 Å². The lowest BCUT2D eigenvalue weighted by Crippen LogP contribution is -2.45. The molecule has 0 aromatic carbocycles. The summed E-state index contributed by atoms with van der Waals surface area (Å²) in [4.78, 5) is 23.8. The summed E-state index contributed by atoms with van der Waals surface area (Å²) in [5, 5.41) is 6.22. The first-order chi connectivity index (χ1) is 11.8. The van der Waals surface area contributed by atoms with Gasteiger partial charge >= 0.3 is 5.97 Å². The maximum atomic E-state index is 12.2. The lowest BCUT2D eigenvalue weighted by atomic mass is 9.98. The van der Waals surface area contributed by atoms with E-state index in [9.17, 15) is 9.59 Å². The van der Waals surface area contributed by atoms with Gasteiger partial charge in [0.25, 0.3) is 0 Å². The van der Waals surface area contributed by atoms with Crippen molar-refractivity contribution in [3.63, 3.8) is 0 Å². The fourth-order valence-electron chi connectivity index (χ4n) is 2.22. The van der Waals surface area contributed by atoms with E-state index in [-0.39, 0.29) is 30.4 Å². The van der Waals surface area contributed by atoms with E-state index in [1.807, 2.05) is 20.8 Å². The predicted molar refractivity (Wildman–Crippen MR) is 103 cm³/mol. The molecule has 0 unspecified atom stereocenters. The summed E-state index contributed by atoms with van der Waals surface area (Å²) in [6.45, 7) is 13.8. The second-order valence-corrected chi connectivity index (χ2v) is 6.94. The first-order valence-corrected chi connectivity index (χ1v) is 9.71. The zero-order chi connectivity index (χ0) is 19.2. The van der Waals surface area contributed by atoms with Gasteiger partial charge in [0.05, 0.1) is 12.5 Å². The number of carbonyl (C=O) groups excluding carboxylic acids is 2. The number of ether oxygens (including phenoxy) is 1. The molecular weight excluding hydrogens is 316 g/mol. The Labute approximate surface area is 154 Å². The zero-order valence-electron chi connectivity index (χ0n) is 16.9. The standard InChI is InChI=1S/C20H38N2O3/c1-7-17(8-2)25-19(23)12-10-11-13-21-20(24)18(9-3)22-14-16(6)15(4)5/h10-11,15-18,22H,7-9,12-14H2,1-6H3,(H,21,24)/b11-10+/t16-,18+/m1/s1. The van der Waals surface area contributed by atoms with Crippen LogP contribution in [0, 0.1) is 11.8 Å². The van der Waals surface area contributed by atoms with Gasteiger partial charge in [0.15, 0.2) is 0 Å². The van der Waals surface area contributed by atoms with Crippen LogP contribution in [0.2, 0.25) is 0 Å². The van der Waals surface area contributed by atoms with E-state index < -0.39 is 0 Å². The Balaban J connectivity index is 4.08. The van der Waals surface area contributed by atoms with Crippen molar-refractivity contribution in [2.75, 3.05) is 13.1 Å². The van der Waals surface area contributed by atoms with Crippen LogP contribution in [0.25, 0.3) is 0 Å². The monoisotopic (exact) mass is 354 g/mol. The molecule has 0 spiro atoms. The molecule has 25 heavy (non-hydrogen) atoms. The van der Waals surface area contributed by atoms with Crippen molar-refractivity contribution in [1.29, 1.82) is 0 Å². The fraction of sp³-hybridized carbons (Fsp3) is 0.800. The Bertz CT molecular complexity index is 404. The second-order valence-electron chi connectivity index (χ2n) is 6.94. The van der Waals surface area contributed by atoms with Gasteiger partial charge in [-0.25, -0.2) is 0 Å². The average Bonchev–Trinajstić information content (AvgIpc) is 2.59. The SMILES string of the molecule is CCC(CC)OC(=O)C/C=C/CNC(=O)[C@H](CC)NC[C@@H](C)C(C)C. The Kier molecular flexibility index (Phi) is 13.1. The highest BCUT2D eigenvalue weighted by molar-refractivity contribution is 5.81. The van der Waals surface area contributed by atoms with Gasteiger partial charge in [0, 0.05) is 6.54 Å². The molecule has 0 bridgehead atoms. The topological polar surface area (TPSA) is 67.4 Å². The lowest BCUT2D eigenvalue weighted by Gasteiger charge is -2.21. The van der Waals surface area contributed by atoms with Crippen LogP contribution >= 0.6 is 0 Å². The second kappa shape index (κ2) is 13.9. The molecule has 0 aliphatic rings. The number of hydrogen-bond donors (Lipinski definition) is 2. The van der Waals surface area contributed by atoms with Gasteiger partial charge in [0.2, 0.25) is 5.91 Å². The van der Waals surface area contributed by atoms with E-state index in [2.05, 4.69) is 31.4 Å². The summed E-state index contributed by atoms with van der Waals surface area (Å²) in [5.41, 5.74) is 0. The summed E-state index contributed by atoms with van der Waals surface area (Å²) in [6.07, 6.45) is 6.22. The molecule has 5 nitrogen and oxygen atoms in total. The van der Waals surface area contributed by atoms with Crippen molar-refractivity contribution in [3.8, 4) is 0 Å². The summed E-state index contributed by atoms with van der Waals surface area (Å²) >= 11 is 0. The Hall–Kier alpha value is -1.36. The van der Waals surface area contributed by atoms with E-state index in [0.717, 1.165) is 25.8 Å². The molecule has 0 aliphatic carbocycles. The van der Waals surface area contributed by atoms with Crippen molar-refractivity contribution >= 4 is 11.9 Å². The smallest absolute Gasteiger partial charge is 0.309 e. The molecule has 0 saturated heterocycles. The first-order valence-electron chi connectivity index (χ1n) is 9.71. The molecule has 2 N–H and O–H groups in total. The van der Waals surface area contributed by atoms with Crippen LogP contribution in [-0.4, -0.2) is 37.1 Å². The summed E-state index contributed by atoms with van der Waals surface area (Å²) in [7, 11) is 0. The average molecular weight is 355 g/mol. The van der Waals surface area contributed by atoms with Gasteiger partial charge in [-0.3, -0.25) is 9.59 Å². The minimum absolute atomic E-state index is 0.00251. The molecule has 146 valence electrons. The Morgan fingerprint density at radius 3 is 2.16 bits per heavy atom. The maximum Gasteiger partial charge on any atom is 0.309 e. The van der Waals surface area contributed by atoms with E-state index in [0.29, 0.717) is 18.4 Å². The summed E-state index contributed by atoms with van der Waals surface area (Å²) in [5.74, 6) is 0.911. The first kappa shape index (κ1) is 23.6. The third-order valence-corrected chi connectivity index (χ3v) is 4.60. The van der Waals surface area contributed by atoms with Gasteiger partial charge in [-0.15, -0.1) is 0 Å². The van der Waals surface area contributed by atoms with E-state index >= 15 is 0 Å². The van der Waals surface area contributed by atoms with Gasteiger partial charge in [-0.2, -0.15) is 0 Å². The van der Waals surface area contributed by atoms with Crippen LogP contribution < -0.4 is 10.6 Å². The van der Waals surface area contributed by atoms with Crippen LogP contribution in [0.4, 0.5) is 0 Å². The summed E-state index contributed by atoms with van der Waals surface area (Å²) in [6, 6.07) is -0.172. The van der Waals surface area contributed by atoms with Crippen LogP contribution in [0.3, 0.4) is 0 Å². The molecule has 0 heterocycles. The van der Waals surface area contributed by atoms with Crippen molar-refractivity contribution in [3.05, 3.63) is 12.2 Å². The number of hydrogen-bond acceptors (Lipinski definition) is 4. The molecular formula is C20H38N2O3. The van der Waals surface area contributed by atoms with Gasteiger partial charge in [-0.1, -0.05) is 53.7 Å².